The number of amides is 2. The first kappa shape index (κ1) is 23.7. The SMILES string of the molecule is CC(F)Oc1ccccc1[C@H]1CCn2c(=O)c3ccc(-c4cnc(N5CCN6C(=O)NC[C@H]6C5)nc4)cc3n21. The van der Waals surface area contributed by atoms with E-state index in [0.717, 1.165) is 22.2 Å². The van der Waals surface area contributed by atoms with Crippen LogP contribution in [-0.2, 0) is 6.54 Å². The normalized spacial score (nSPS) is 21.1. The third-order valence-corrected chi connectivity index (χ3v) is 7.93. The van der Waals surface area contributed by atoms with Crippen LogP contribution in [0, 0.1) is 0 Å². The molecule has 2 aromatic carbocycles. The largest absolute Gasteiger partial charge is 0.460 e. The zero-order chi connectivity index (χ0) is 26.7. The van der Waals surface area contributed by atoms with Crippen molar-refractivity contribution in [2.75, 3.05) is 31.1 Å². The lowest BCUT2D eigenvalue weighted by Gasteiger charge is -2.36. The number of urea groups is 1. The van der Waals surface area contributed by atoms with Crippen LogP contribution < -0.4 is 20.5 Å². The van der Waals surface area contributed by atoms with Crippen LogP contribution in [0.25, 0.3) is 22.0 Å². The highest BCUT2D eigenvalue weighted by atomic mass is 19.1. The number of hydrogen-bond donors (Lipinski definition) is 1. The van der Waals surface area contributed by atoms with E-state index >= 15 is 0 Å². The highest BCUT2D eigenvalue weighted by molar-refractivity contribution is 5.85. The second kappa shape index (κ2) is 9.11. The van der Waals surface area contributed by atoms with E-state index in [0.29, 0.717) is 56.2 Å². The fraction of sp³-hybridized carbons (Fsp3) is 0.357. The summed E-state index contributed by atoms with van der Waals surface area (Å²) in [5, 5.41) is 3.53. The number of fused-ring (bicyclic) bond motifs is 4. The highest BCUT2D eigenvalue weighted by Crippen LogP contribution is 2.37. The van der Waals surface area contributed by atoms with Gasteiger partial charge in [0.1, 0.15) is 5.75 Å². The number of carbonyl (C=O) groups is 1. The Kier molecular flexibility index (Phi) is 5.53. The quantitative estimate of drug-likeness (QED) is 0.427. The lowest BCUT2D eigenvalue weighted by Crippen LogP contribution is -2.52. The molecule has 0 radical (unpaired) electrons. The van der Waals surface area contributed by atoms with E-state index in [1.54, 1.807) is 23.1 Å². The molecule has 200 valence electrons. The summed E-state index contributed by atoms with van der Waals surface area (Å²) in [6, 6.07) is 13.2. The van der Waals surface area contributed by atoms with Gasteiger partial charge in [-0.2, -0.15) is 0 Å². The lowest BCUT2D eigenvalue weighted by molar-refractivity contribution is 0.0843. The summed E-state index contributed by atoms with van der Waals surface area (Å²) in [5.41, 5.74) is 3.36. The molecule has 1 unspecified atom stereocenters. The fourth-order valence-corrected chi connectivity index (χ4v) is 6.11. The average molecular weight is 530 g/mol. The summed E-state index contributed by atoms with van der Waals surface area (Å²) in [6.07, 6.45) is 2.88. The average Bonchev–Trinajstić information content (AvgIpc) is 3.63. The minimum absolute atomic E-state index is 0.00204. The Labute approximate surface area is 223 Å². The van der Waals surface area contributed by atoms with E-state index in [2.05, 4.69) is 20.2 Å². The van der Waals surface area contributed by atoms with Gasteiger partial charge in [0.15, 0.2) is 0 Å². The van der Waals surface area contributed by atoms with Crippen LogP contribution >= 0.6 is 0 Å². The zero-order valence-electron chi connectivity index (χ0n) is 21.5. The van der Waals surface area contributed by atoms with Crippen LogP contribution in [0.4, 0.5) is 15.1 Å². The number of nitrogens with zero attached hydrogens (tertiary/aromatic N) is 6. The molecule has 2 aromatic heterocycles. The summed E-state index contributed by atoms with van der Waals surface area (Å²) >= 11 is 0. The summed E-state index contributed by atoms with van der Waals surface area (Å²) < 4.78 is 23.0. The van der Waals surface area contributed by atoms with E-state index in [1.165, 1.54) is 6.92 Å². The van der Waals surface area contributed by atoms with Crippen molar-refractivity contribution in [3.05, 3.63) is 70.8 Å². The molecule has 7 rings (SSSR count). The molecule has 2 amide bonds. The molecule has 2 saturated heterocycles. The molecule has 0 bridgehead atoms. The summed E-state index contributed by atoms with van der Waals surface area (Å²) in [7, 11) is 0. The van der Waals surface area contributed by atoms with Crippen LogP contribution in [0.1, 0.15) is 24.9 Å². The molecule has 39 heavy (non-hydrogen) atoms. The first-order valence-corrected chi connectivity index (χ1v) is 13.2. The van der Waals surface area contributed by atoms with E-state index < -0.39 is 6.36 Å². The van der Waals surface area contributed by atoms with Crippen molar-refractivity contribution in [1.82, 2.24) is 29.5 Å². The van der Waals surface area contributed by atoms with Crippen LogP contribution in [0.3, 0.4) is 0 Å². The van der Waals surface area contributed by atoms with Crippen molar-refractivity contribution in [3.63, 3.8) is 0 Å². The van der Waals surface area contributed by atoms with Crippen molar-refractivity contribution in [1.29, 1.82) is 0 Å². The minimum atomic E-state index is -1.44. The molecule has 3 atom stereocenters. The maximum Gasteiger partial charge on any atom is 0.317 e. The Balaban J connectivity index is 1.21. The predicted octanol–water partition coefficient (Wildman–Crippen LogP) is 3.16. The molecule has 2 fully saturated rings. The second-order valence-corrected chi connectivity index (χ2v) is 10.3. The molecule has 10 nitrogen and oxygen atoms in total. The molecular formula is C28H28FN7O3. The van der Waals surface area contributed by atoms with Crippen molar-refractivity contribution in [3.8, 4) is 16.9 Å². The number of aromatic nitrogens is 4. The first-order valence-electron chi connectivity index (χ1n) is 13.2. The first-order chi connectivity index (χ1) is 19.0. The van der Waals surface area contributed by atoms with Gasteiger partial charge in [-0.15, -0.1) is 0 Å². The number of carbonyl (C=O) groups excluding carboxylic acids is 1. The second-order valence-electron chi connectivity index (χ2n) is 10.3. The van der Waals surface area contributed by atoms with Gasteiger partial charge in [-0.25, -0.2) is 23.8 Å². The van der Waals surface area contributed by atoms with Crippen molar-refractivity contribution in [2.24, 2.45) is 0 Å². The minimum Gasteiger partial charge on any atom is -0.460 e. The number of benzene rings is 2. The maximum absolute atomic E-state index is 13.8. The molecule has 1 N–H and O–H groups in total. The van der Waals surface area contributed by atoms with Gasteiger partial charge in [0, 0.05) is 63.2 Å². The molecule has 5 heterocycles. The Bertz CT molecular complexity index is 1630. The number of piperazine rings is 1. The number of nitrogens with one attached hydrogen (secondary N) is 1. The smallest absolute Gasteiger partial charge is 0.317 e. The standard InChI is InChI=1S/C28H28FN7O3/c1-17(29)39-25-5-3-2-4-21(25)23-8-9-35-26(37)22-7-6-18(12-24(22)36(23)35)19-13-30-27(31-14-19)33-10-11-34-20(16-33)15-32-28(34)38/h2-7,12-14,17,20,23H,8-11,15-16H2,1H3,(H,32,38)/t17?,20-,23+/m0/s1. The molecule has 0 spiro atoms. The number of halogens is 1. The van der Waals surface area contributed by atoms with Gasteiger partial charge >= 0.3 is 6.03 Å². The van der Waals surface area contributed by atoms with E-state index in [-0.39, 0.29) is 23.7 Å². The molecule has 3 aliphatic heterocycles. The van der Waals surface area contributed by atoms with Gasteiger partial charge in [0.05, 0.1) is 23.0 Å². The lowest BCUT2D eigenvalue weighted by atomic mass is 10.0. The van der Waals surface area contributed by atoms with Gasteiger partial charge in [-0.3, -0.25) is 9.48 Å². The fourth-order valence-electron chi connectivity index (χ4n) is 6.11. The molecular weight excluding hydrogens is 501 g/mol. The Morgan fingerprint density at radius 1 is 1.05 bits per heavy atom. The van der Waals surface area contributed by atoms with Crippen molar-refractivity contribution >= 4 is 22.9 Å². The topological polar surface area (TPSA) is 97.5 Å². The number of para-hydroxylation sites is 1. The van der Waals surface area contributed by atoms with Gasteiger partial charge < -0.3 is 19.9 Å². The highest BCUT2D eigenvalue weighted by Gasteiger charge is 2.36. The third-order valence-electron chi connectivity index (χ3n) is 7.93. The molecule has 4 aromatic rings. The van der Waals surface area contributed by atoms with Crippen molar-refractivity contribution < 1.29 is 13.9 Å². The van der Waals surface area contributed by atoms with Crippen LogP contribution in [-0.4, -0.2) is 68.8 Å². The molecule has 11 heteroatoms. The summed E-state index contributed by atoms with van der Waals surface area (Å²) in [5.74, 6) is 1.12. The monoisotopic (exact) mass is 529 g/mol. The van der Waals surface area contributed by atoms with Crippen LogP contribution in [0.15, 0.2) is 59.7 Å². The number of ether oxygens (including phenoxy) is 1. The number of alkyl halides is 1. The van der Waals surface area contributed by atoms with E-state index in [1.807, 2.05) is 46.0 Å². The van der Waals surface area contributed by atoms with Crippen LogP contribution in [0.2, 0.25) is 0 Å². The van der Waals surface area contributed by atoms with Gasteiger partial charge in [-0.05, 0) is 30.2 Å². The predicted molar refractivity (Wildman–Crippen MR) is 144 cm³/mol. The van der Waals surface area contributed by atoms with Crippen LogP contribution in [0.5, 0.6) is 5.75 Å². The molecule has 0 aliphatic carbocycles. The number of anilines is 1. The Hall–Kier alpha value is -4.41. The summed E-state index contributed by atoms with van der Waals surface area (Å²) in [4.78, 5) is 38.4. The Morgan fingerprint density at radius 2 is 1.87 bits per heavy atom. The molecule has 0 saturated carbocycles. The number of rotatable bonds is 5. The Morgan fingerprint density at radius 3 is 2.69 bits per heavy atom. The molecule has 3 aliphatic rings. The van der Waals surface area contributed by atoms with E-state index in [4.69, 9.17) is 4.74 Å². The third kappa shape index (κ3) is 3.91. The number of hydrogen-bond acceptors (Lipinski definition) is 6. The maximum atomic E-state index is 13.8. The van der Waals surface area contributed by atoms with Gasteiger partial charge in [-0.1, -0.05) is 24.3 Å². The van der Waals surface area contributed by atoms with Gasteiger partial charge in [0.2, 0.25) is 12.3 Å². The summed E-state index contributed by atoms with van der Waals surface area (Å²) in [6.45, 7) is 4.59. The van der Waals surface area contributed by atoms with E-state index in [9.17, 15) is 14.0 Å². The van der Waals surface area contributed by atoms with Crippen molar-refractivity contribution in [2.45, 2.75) is 38.3 Å². The zero-order valence-corrected chi connectivity index (χ0v) is 21.5. The van der Waals surface area contributed by atoms with Gasteiger partial charge in [0.25, 0.3) is 5.56 Å².